The zero-order valence-corrected chi connectivity index (χ0v) is 7.03. The van der Waals surface area contributed by atoms with Crippen LogP contribution in [0.1, 0.15) is 20.8 Å². The van der Waals surface area contributed by atoms with Gasteiger partial charge in [0.25, 0.3) is 0 Å². The van der Waals surface area contributed by atoms with Gasteiger partial charge in [-0.2, -0.15) is 0 Å². The Hall–Kier alpha value is 0.0500. The van der Waals surface area contributed by atoms with Gasteiger partial charge in [0.05, 0.1) is 6.61 Å². The van der Waals surface area contributed by atoms with Gasteiger partial charge in [-0.1, -0.05) is 26.1 Å². The predicted octanol–water partition coefficient (Wildman–Crippen LogP) is 1.64. The number of aliphatic hydroxyl groups excluding tert-OH is 1. The highest BCUT2D eigenvalue weighted by Crippen LogP contribution is 2.11. The van der Waals surface area contributed by atoms with E-state index >= 15 is 0 Å². The Morgan fingerprint density at radius 1 is 1.56 bits per heavy atom. The standard InChI is InChI=1S/C7H14OS/c1-5(2)7(4-8)6(3)9/h5,7-8H,4H2,1-3H3/t7-/m1/s1. The van der Waals surface area contributed by atoms with Crippen molar-refractivity contribution in [2.24, 2.45) is 11.8 Å². The van der Waals surface area contributed by atoms with Crippen LogP contribution in [0, 0.1) is 11.8 Å². The molecule has 0 amide bonds. The van der Waals surface area contributed by atoms with Crippen LogP contribution >= 0.6 is 12.2 Å². The largest absolute Gasteiger partial charge is 0.396 e. The van der Waals surface area contributed by atoms with E-state index in [1.807, 2.05) is 6.92 Å². The summed E-state index contributed by atoms with van der Waals surface area (Å²) in [6.45, 7) is 6.20. The number of hydrogen-bond acceptors (Lipinski definition) is 2. The number of thiocarbonyl (C=S) groups is 1. The summed E-state index contributed by atoms with van der Waals surface area (Å²) in [6.07, 6.45) is 0. The van der Waals surface area contributed by atoms with Gasteiger partial charge in [-0.15, -0.1) is 0 Å². The molecule has 0 fully saturated rings. The van der Waals surface area contributed by atoms with Crippen molar-refractivity contribution in [2.45, 2.75) is 20.8 Å². The predicted molar refractivity (Wildman–Crippen MR) is 43.7 cm³/mol. The maximum atomic E-state index is 8.78. The van der Waals surface area contributed by atoms with Crippen LogP contribution in [-0.4, -0.2) is 16.6 Å². The molecule has 2 heteroatoms. The highest BCUT2D eigenvalue weighted by atomic mass is 32.1. The second-order valence-corrected chi connectivity index (χ2v) is 3.29. The summed E-state index contributed by atoms with van der Waals surface area (Å²) in [5, 5.41) is 8.78. The fraction of sp³-hybridized carbons (Fsp3) is 0.857. The Morgan fingerprint density at radius 2 is 2.00 bits per heavy atom. The van der Waals surface area contributed by atoms with Crippen LogP contribution in [0.2, 0.25) is 0 Å². The van der Waals surface area contributed by atoms with E-state index in [1.165, 1.54) is 0 Å². The fourth-order valence-electron chi connectivity index (χ4n) is 0.809. The Kier molecular flexibility index (Phi) is 3.98. The van der Waals surface area contributed by atoms with E-state index in [0.717, 1.165) is 4.86 Å². The van der Waals surface area contributed by atoms with Gasteiger partial charge in [0.2, 0.25) is 0 Å². The highest BCUT2D eigenvalue weighted by molar-refractivity contribution is 7.80. The summed E-state index contributed by atoms with van der Waals surface area (Å²) in [4.78, 5) is 0.910. The molecule has 1 nitrogen and oxygen atoms in total. The molecule has 1 atom stereocenters. The smallest absolute Gasteiger partial charge is 0.0507 e. The van der Waals surface area contributed by atoms with E-state index in [4.69, 9.17) is 17.3 Å². The Balaban J connectivity index is 3.83. The maximum Gasteiger partial charge on any atom is 0.0507 e. The first-order chi connectivity index (χ1) is 4.09. The van der Waals surface area contributed by atoms with Crippen LogP contribution in [0.4, 0.5) is 0 Å². The maximum absolute atomic E-state index is 8.78. The molecule has 1 N–H and O–H groups in total. The van der Waals surface area contributed by atoms with Crippen LogP contribution in [0.5, 0.6) is 0 Å². The molecule has 0 spiro atoms. The van der Waals surface area contributed by atoms with Crippen LogP contribution in [-0.2, 0) is 0 Å². The Labute approximate surface area is 62.1 Å². The molecule has 0 aliphatic rings. The Bertz CT molecular complexity index is 99.1. The lowest BCUT2D eigenvalue weighted by Gasteiger charge is -2.15. The van der Waals surface area contributed by atoms with Gasteiger partial charge in [-0.05, 0) is 17.7 Å². The van der Waals surface area contributed by atoms with E-state index < -0.39 is 0 Å². The topological polar surface area (TPSA) is 20.2 Å². The molecule has 0 aliphatic heterocycles. The van der Waals surface area contributed by atoms with Crippen molar-refractivity contribution in [2.75, 3.05) is 6.61 Å². The molecule has 0 saturated carbocycles. The van der Waals surface area contributed by atoms with Crippen molar-refractivity contribution >= 4 is 17.1 Å². The first-order valence-corrected chi connectivity index (χ1v) is 3.61. The summed E-state index contributed by atoms with van der Waals surface area (Å²) >= 11 is 4.93. The average Bonchev–Trinajstić information content (AvgIpc) is 1.64. The lowest BCUT2D eigenvalue weighted by molar-refractivity contribution is 0.234. The van der Waals surface area contributed by atoms with Crippen LogP contribution in [0.3, 0.4) is 0 Å². The SMILES string of the molecule is CC(=S)[C@H](CO)C(C)C. The first kappa shape index (κ1) is 9.05. The summed E-state index contributed by atoms with van der Waals surface area (Å²) in [5.41, 5.74) is 0. The number of rotatable bonds is 3. The van der Waals surface area contributed by atoms with Crippen molar-refractivity contribution in [1.82, 2.24) is 0 Å². The average molecular weight is 146 g/mol. The third-order valence-electron chi connectivity index (χ3n) is 1.52. The summed E-state index contributed by atoms with van der Waals surface area (Å²) in [5.74, 6) is 0.674. The molecular formula is C7H14OS. The van der Waals surface area contributed by atoms with Gasteiger partial charge < -0.3 is 5.11 Å². The van der Waals surface area contributed by atoms with Crippen molar-refractivity contribution in [1.29, 1.82) is 0 Å². The van der Waals surface area contributed by atoms with E-state index in [9.17, 15) is 0 Å². The molecule has 0 aromatic heterocycles. The van der Waals surface area contributed by atoms with Gasteiger partial charge in [0.1, 0.15) is 0 Å². The van der Waals surface area contributed by atoms with Gasteiger partial charge in [0.15, 0.2) is 0 Å². The molecule has 0 radical (unpaired) electrons. The number of aliphatic hydroxyl groups is 1. The molecule has 0 heterocycles. The molecule has 0 bridgehead atoms. The fourth-order valence-corrected chi connectivity index (χ4v) is 1.16. The quantitative estimate of drug-likeness (QED) is 0.611. The first-order valence-electron chi connectivity index (χ1n) is 3.21. The normalized spacial score (nSPS) is 13.9. The van der Waals surface area contributed by atoms with Gasteiger partial charge in [0, 0.05) is 5.92 Å². The molecule has 54 valence electrons. The monoisotopic (exact) mass is 146 g/mol. The van der Waals surface area contributed by atoms with Gasteiger partial charge >= 0.3 is 0 Å². The summed E-state index contributed by atoms with van der Waals surface area (Å²) < 4.78 is 0. The third-order valence-corrected chi connectivity index (χ3v) is 1.83. The molecule has 0 rings (SSSR count). The molecule has 0 saturated heterocycles. The molecule has 0 unspecified atom stereocenters. The van der Waals surface area contributed by atoms with Crippen LogP contribution < -0.4 is 0 Å². The van der Waals surface area contributed by atoms with E-state index in [2.05, 4.69) is 13.8 Å². The van der Waals surface area contributed by atoms with Crippen molar-refractivity contribution in [3.8, 4) is 0 Å². The van der Waals surface area contributed by atoms with Crippen molar-refractivity contribution in [3.05, 3.63) is 0 Å². The number of hydrogen-bond donors (Lipinski definition) is 1. The molecular weight excluding hydrogens is 132 g/mol. The second-order valence-electron chi connectivity index (χ2n) is 2.64. The van der Waals surface area contributed by atoms with Crippen LogP contribution in [0.25, 0.3) is 0 Å². The van der Waals surface area contributed by atoms with Crippen molar-refractivity contribution in [3.63, 3.8) is 0 Å². The van der Waals surface area contributed by atoms with E-state index in [0.29, 0.717) is 5.92 Å². The summed E-state index contributed by atoms with van der Waals surface area (Å²) in [6, 6.07) is 0. The molecule has 0 aromatic rings. The lowest BCUT2D eigenvalue weighted by atomic mass is 9.94. The second kappa shape index (κ2) is 3.96. The molecule has 9 heavy (non-hydrogen) atoms. The Morgan fingerprint density at radius 3 is 2.00 bits per heavy atom. The van der Waals surface area contributed by atoms with Crippen LogP contribution in [0.15, 0.2) is 0 Å². The zero-order valence-electron chi connectivity index (χ0n) is 6.22. The van der Waals surface area contributed by atoms with Gasteiger partial charge in [-0.3, -0.25) is 0 Å². The minimum absolute atomic E-state index is 0.188. The molecule has 0 aliphatic carbocycles. The lowest BCUT2D eigenvalue weighted by Crippen LogP contribution is -2.19. The highest BCUT2D eigenvalue weighted by Gasteiger charge is 2.12. The minimum Gasteiger partial charge on any atom is -0.396 e. The zero-order chi connectivity index (χ0) is 7.44. The van der Waals surface area contributed by atoms with E-state index in [-0.39, 0.29) is 12.5 Å². The minimum atomic E-state index is 0.188. The molecule has 0 aromatic carbocycles. The third kappa shape index (κ3) is 2.92. The van der Waals surface area contributed by atoms with E-state index in [1.54, 1.807) is 0 Å². The van der Waals surface area contributed by atoms with Crippen molar-refractivity contribution < 1.29 is 5.11 Å². The summed E-state index contributed by atoms with van der Waals surface area (Å²) in [7, 11) is 0. The van der Waals surface area contributed by atoms with Gasteiger partial charge in [-0.25, -0.2) is 0 Å².